The number of nitrogens with zero attached hydrogens (tertiary/aromatic N) is 2. The minimum Gasteiger partial charge on any atom is -0.348 e. The average molecular weight is 581 g/mol. The predicted octanol–water partition coefficient (Wildman–Crippen LogP) is 5.06. The number of carbonyl (C=O) groups is 2. The maximum Gasteiger partial charge on any atom is 0.321 e. The van der Waals surface area contributed by atoms with Gasteiger partial charge in [-0.2, -0.15) is 4.31 Å². The fourth-order valence-electron chi connectivity index (χ4n) is 5.81. The lowest BCUT2D eigenvalue weighted by Crippen LogP contribution is -2.62. The van der Waals surface area contributed by atoms with E-state index in [9.17, 15) is 18.0 Å². The molecule has 1 heterocycles. The van der Waals surface area contributed by atoms with Gasteiger partial charge in [0, 0.05) is 25.2 Å². The lowest BCUT2D eigenvalue weighted by Gasteiger charge is -2.40. The molecule has 1 fully saturated rings. The molecule has 1 aliphatic heterocycles. The number of fused-ring (bicyclic) bond motifs is 1. The molecule has 0 bridgehead atoms. The van der Waals surface area contributed by atoms with Crippen molar-refractivity contribution in [1.82, 2.24) is 14.5 Å². The van der Waals surface area contributed by atoms with Crippen LogP contribution in [-0.2, 0) is 21.2 Å². The molecule has 1 saturated heterocycles. The largest absolute Gasteiger partial charge is 0.348 e. The SMILES string of the molecule is O=C(NC1CCc2ccccc21)C1CN(C(=O)Nc2ccccc2-c2ccccc2)CCN1S(=O)(=O)c1ccccc1. The van der Waals surface area contributed by atoms with Crippen molar-refractivity contribution < 1.29 is 18.0 Å². The number of urea groups is 1. The highest BCUT2D eigenvalue weighted by atomic mass is 32.2. The molecular formula is C33H32N4O4S. The van der Waals surface area contributed by atoms with Crippen LogP contribution in [0.15, 0.2) is 114 Å². The Bertz CT molecular complexity index is 1700. The molecule has 4 aromatic rings. The number of hydrogen-bond donors (Lipinski definition) is 2. The van der Waals surface area contributed by atoms with Crippen molar-refractivity contribution in [2.75, 3.05) is 25.0 Å². The normalized spacial score (nSPS) is 18.7. The van der Waals surface area contributed by atoms with Crippen molar-refractivity contribution >= 4 is 27.6 Å². The number of anilines is 1. The number of benzene rings is 4. The number of sulfonamides is 1. The molecule has 214 valence electrons. The number of hydrogen-bond acceptors (Lipinski definition) is 4. The van der Waals surface area contributed by atoms with E-state index in [-0.39, 0.29) is 36.6 Å². The Labute approximate surface area is 246 Å². The molecule has 3 amide bonds. The second kappa shape index (κ2) is 11.8. The number of carbonyl (C=O) groups excluding carboxylic acids is 2. The van der Waals surface area contributed by atoms with Crippen LogP contribution in [0.1, 0.15) is 23.6 Å². The molecule has 2 N–H and O–H groups in total. The first-order chi connectivity index (χ1) is 20.4. The van der Waals surface area contributed by atoms with E-state index in [1.807, 2.05) is 78.9 Å². The summed E-state index contributed by atoms with van der Waals surface area (Å²) in [5.41, 5.74) is 4.69. The van der Waals surface area contributed by atoms with Crippen molar-refractivity contribution in [2.45, 2.75) is 29.8 Å². The molecule has 8 nitrogen and oxygen atoms in total. The topological polar surface area (TPSA) is 98.8 Å². The van der Waals surface area contributed by atoms with E-state index in [0.717, 1.165) is 29.5 Å². The van der Waals surface area contributed by atoms with Crippen molar-refractivity contribution in [3.05, 3.63) is 120 Å². The van der Waals surface area contributed by atoms with Crippen LogP contribution in [0.2, 0.25) is 0 Å². The van der Waals surface area contributed by atoms with E-state index < -0.39 is 22.0 Å². The van der Waals surface area contributed by atoms with Gasteiger partial charge in [0.2, 0.25) is 15.9 Å². The van der Waals surface area contributed by atoms with Gasteiger partial charge >= 0.3 is 6.03 Å². The standard InChI is InChI=1S/C33H32N4O4S/c38-32(34-30-20-19-25-13-7-8-16-28(25)30)31-23-36(21-22-37(31)42(40,41)26-14-5-2-6-15-26)33(39)35-29-18-10-9-17-27(29)24-11-3-1-4-12-24/h1-18,30-31H,19-23H2,(H,34,38)(H,35,39). The van der Waals surface area contributed by atoms with Gasteiger partial charge in [0.1, 0.15) is 6.04 Å². The van der Waals surface area contributed by atoms with Gasteiger partial charge in [0.05, 0.1) is 16.6 Å². The second-order valence-corrected chi connectivity index (χ2v) is 12.4. The smallest absolute Gasteiger partial charge is 0.321 e. The first kappa shape index (κ1) is 27.7. The Kier molecular flexibility index (Phi) is 7.78. The zero-order valence-electron chi connectivity index (χ0n) is 23.0. The van der Waals surface area contributed by atoms with Crippen LogP contribution in [0.4, 0.5) is 10.5 Å². The molecule has 0 saturated carbocycles. The third-order valence-corrected chi connectivity index (χ3v) is 9.90. The fraction of sp³-hybridized carbons (Fsp3) is 0.212. The summed E-state index contributed by atoms with van der Waals surface area (Å²) in [5.74, 6) is -0.418. The number of piperazine rings is 1. The van der Waals surface area contributed by atoms with Crippen molar-refractivity contribution in [1.29, 1.82) is 0 Å². The quantitative estimate of drug-likeness (QED) is 0.333. The van der Waals surface area contributed by atoms with Gasteiger partial charge in [0.15, 0.2) is 0 Å². The zero-order valence-corrected chi connectivity index (χ0v) is 23.8. The van der Waals surface area contributed by atoms with Crippen molar-refractivity contribution in [3.63, 3.8) is 0 Å². The lowest BCUT2D eigenvalue weighted by atomic mass is 10.0. The third kappa shape index (κ3) is 5.53. The molecule has 0 radical (unpaired) electrons. The number of amides is 3. The monoisotopic (exact) mass is 580 g/mol. The molecule has 2 unspecified atom stereocenters. The van der Waals surface area contributed by atoms with E-state index in [2.05, 4.69) is 10.6 Å². The van der Waals surface area contributed by atoms with Gasteiger partial charge in [-0.15, -0.1) is 0 Å². The molecule has 0 aromatic heterocycles. The summed E-state index contributed by atoms with van der Waals surface area (Å²) in [6, 6.07) is 31.7. The maximum atomic E-state index is 13.8. The first-order valence-corrected chi connectivity index (χ1v) is 15.5. The van der Waals surface area contributed by atoms with Crippen molar-refractivity contribution in [2.24, 2.45) is 0 Å². The molecule has 6 rings (SSSR count). The first-order valence-electron chi connectivity index (χ1n) is 14.1. The number of nitrogens with one attached hydrogen (secondary N) is 2. The van der Waals surface area contributed by atoms with Crippen LogP contribution in [0.5, 0.6) is 0 Å². The van der Waals surface area contributed by atoms with Gasteiger partial charge in [-0.1, -0.05) is 91.0 Å². The second-order valence-electron chi connectivity index (χ2n) is 10.5. The Morgan fingerprint density at radius 1 is 0.762 bits per heavy atom. The van der Waals surface area contributed by atoms with Crippen LogP contribution in [-0.4, -0.2) is 55.2 Å². The molecule has 4 aromatic carbocycles. The molecule has 2 aliphatic rings. The summed E-state index contributed by atoms with van der Waals surface area (Å²) < 4.78 is 28.7. The van der Waals surface area contributed by atoms with E-state index in [1.165, 1.54) is 26.9 Å². The number of rotatable bonds is 6. The predicted molar refractivity (Wildman–Crippen MR) is 162 cm³/mol. The van der Waals surface area contributed by atoms with Gasteiger partial charge < -0.3 is 15.5 Å². The lowest BCUT2D eigenvalue weighted by molar-refractivity contribution is -0.126. The van der Waals surface area contributed by atoms with Crippen LogP contribution < -0.4 is 10.6 Å². The summed E-state index contributed by atoms with van der Waals surface area (Å²) in [6.45, 7) is 0.0529. The van der Waals surface area contributed by atoms with E-state index in [0.29, 0.717) is 5.69 Å². The van der Waals surface area contributed by atoms with E-state index >= 15 is 0 Å². The molecular weight excluding hydrogens is 548 g/mol. The number of aryl methyl sites for hydroxylation is 1. The molecule has 2 atom stereocenters. The van der Waals surface area contributed by atoms with Crippen molar-refractivity contribution in [3.8, 4) is 11.1 Å². The Balaban J connectivity index is 1.26. The summed E-state index contributed by atoms with van der Waals surface area (Å²) in [7, 11) is -3.99. The minimum absolute atomic E-state index is 0.00960. The van der Waals surface area contributed by atoms with Gasteiger partial charge in [0.25, 0.3) is 0 Å². The van der Waals surface area contributed by atoms with Crippen LogP contribution in [0, 0.1) is 0 Å². The summed E-state index contributed by atoms with van der Waals surface area (Å²) >= 11 is 0. The Morgan fingerprint density at radius 3 is 2.21 bits per heavy atom. The Hall–Kier alpha value is -4.47. The summed E-state index contributed by atoms with van der Waals surface area (Å²) in [4.78, 5) is 29.0. The van der Waals surface area contributed by atoms with Crippen LogP contribution in [0.25, 0.3) is 11.1 Å². The average Bonchev–Trinajstić information content (AvgIpc) is 3.44. The zero-order chi connectivity index (χ0) is 29.1. The van der Waals surface area contributed by atoms with Crippen LogP contribution in [0.3, 0.4) is 0 Å². The summed E-state index contributed by atoms with van der Waals surface area (Å²) in [6.07, 6.45) is 1.58. The van der Waals surface area contributed by atoms with Gasteiger partial charge in [-0.3, -0.25) is 4.79 Å². The van der Waals surface area contributed by atoms with E-state index in [4.69, 9.17) is 0 Å². The summed E-state index contributed by atoms with van der Waals surface area (Å²) in [5, 5.41) is 6.09. The number of para-hydroxylation sites is 1. The molecule has 0 spiro atoms. The minimum atomic E-state index is -3.99. The third-order valence-electron chi connectivity index (χ3n) is 7.97. The van der Waals surface area contributed by atoms with E-state index in [1.54, 1.807) is 18.2 Å². The fourth-order valence-corrected chi connectivity index (χ4v) is 7.40. The maximum absolute atomic E-state index is 13.8. The van der Waals surface area contributed by atoms with Gasteiger partial charge in [-0.25, -0.2) is 13.2 Å². The molecule has 1 aliphatic carbocycles. The van der Waals surface area contributed by atoms with Crippen LogP contribution >= 0.6 is 0 Å². The molecule has 9 heteroatoms. The highest BCUT2D eigenvalue weighted by Gasteiger charge is 2.42. The highest BCUT2D eigenvalue weighted by molar-refractivity contribution is 7.89. The van der Waals surface area contributed by atoms with Gasteiger partial charge in [-0.05, 0) is 47.7 Å². The Morgan fingerprint density at radius 2 is 1.43 bits per heavy atom. The highest BCUT2D eigenvalue weighted by Crippen LogP contribution is 2.32. The molecule has 42 heavy (non-hydrogen) atoms.